The SMILES string of the molecule is CC#CC(CC)OC(=O)c1ccc(CCCC)cc1. The van der Waals surface area contributed by atoms with Crippen molar-refractivity contribution in [2.75, 3.05) is 0 Å². The fraction of sp³-hybridized carbons (Fsp3) is 0.471. The van der Waals surface area contributed by atoms with Gasteiger partial charge in [0.15, 0.2) is 6.10 Å². The van der Waals surface area contributed by atoms with E-state index < -0.39 is 0 Å². The number of carbonyl (C=O) groups is 1. The van der Waals surface area contributed by atoms with Crippen molar-refractivity contribution in [1.29, 1.82) is 0 Å². The average molecular weight is 258 g/mol. The van der Waals surface area contributed by atoms with Gasteiger partial charge in [0.1, 0.15) is 0 Å². The van der Waals surface area contributed by atoms with E-state index in [1.807, 2.05) is 31.2 Å². The number of benzene rings is 1. The maximum absolute atomic E-state index is 11.9. The van der Waals surface area contributed by atoms with Gasteiger partial charge in [0, 0.05) is 0 Å². The molecule has 19 heavy (non-hydrogen) atoms. The molecule has 0 N–H and O–H groups in total. The molecular formula is C17H22O2. The lowest BCUT2D eigenvalue weighted by Gasteiger charge is -2.10. The predicted molar refractivity (Wildman–Crippen MR) is 78.0 cm³/mol. The molecule has 0 aliphatic carbocycles. The van der Waals surface area contributed by atoms with Crippen LogP contribution >= 0.6 is 0 Å². The van der Waals surface area contributed by atoms with E-state index in [1.54, 1.807) is 6.92 Å². The maximum Gasteiger partial charge on any atom is 0.339 e. The highest BCUT2D eigenvalue weighted by molar-refractivity contribution is 5.89. The normalized spacial score (nSPS) is 11.3. The quantitative estimate of drug-likeness (QED) is 0.569. The minimum absolute atomic E-state index is 0.295. The van der Waals surface area contributed by atoms with Gasteiger partial charge in [0.25, 0.3) is 0 Å². The molecule has 0 spiro atoms. The third kappa shape index (κ3) is 5.18. The smallest absolute Gasteiger partial charge is 0.339 e. The molecule has 0 aliphatic heterocycles. The Balaban J connectivity index is 2.63. The Labute approximate surface area is 116 Å². The van der Waals surface area contributed by atoms with E-state index in [9.17, 15) is 4.79 Å². The van der Waals surface area contributed by atoms with Gasteiger partial charge in [-0.1, -0.05) is 38.3 Å². The molecule has 102 valence electrons. The molecule has 0 radical (unpaired) electrons. The van der Waals surface area contributed by atoms with Gasteiger partial charge in [0.05, 0.1) is 5.56 Å². The minimum atomic E-state index is -0.308. The van der Waals surface area contributed by atoms with Crippen LogP contribution in [0, 0.1) is 11.8 Å². The molecule has 0 saturated carbocycles. The molecule has 1 rings (SSSR count). The van der Waals surface area contributed by atoms with Crippen molar-refractivity contribution in [3.05, 3.63) is 35.4 Å². The van der Waals surface area contributed by atoms with E-state index in [0.717, 1.165) is 6.42 Å². The summed E-state index contributed by atoms with van der Waals surface area (Å²) in [4.78, 5) is 11.9. The summed E-state index contributed by atoms with van der Waals surface area (Å²) in [5, 5.41) is 0. The van der Waals surface area contributed by atoms with Crippen LogP contribution in [0.4, 0.5) is 0 Å². The Morgan fingerprint density at radius 2 is 1.95 bits per heavy atom. The first kappa shape index (κ1) is 15.3. The third-order valence-corrected chi connectivity index (χ3v) is 2.93. The van der Waals surface area contributed by atoms with Gasteiger partial charge in [-0.3, -0.25) is 0 Å². The summed E-state index contributed by atoms with van der Waals surface area (Å²) in [6, 6.07) is 7.66. The Bertz CT molecular complexity index is 448. The molecule has 1 unspecified atom stereocenters. The van der Waals surface area contributed by atoms with Crippen LogP contribution in [0.2, 0.25) is 0 Å². The third-order valence-electron chi connectivity index (χ3n) is 2.93. The van der Waals surface area contributed by atoms with Crippen LogP contribution < -0.4 is 0 Å². The van der Waals surface area contributed by atoms with Crippen molar-refractivity contribution < 1.29 is 9.53 Å². The average Bonchev–Trinajstić information content (AvgIpc) is 2.45. The highest BCUT2D eigenvalue weighted by Gasteiger charge is 2.12. The Kier molecular flexibility index (Phi) is 6.74. The number of aryl methyl sites for hydroxylation is 1. The maximum atomic E-state index is 11.9. The van der Waals surface area contributed by atoms with E-state index >= 15 is 0 Å². The van der Waals surface area contributed by atoms with Gasteiger partial charge in [0.2, 0.25) is 0 Å². The van der Waals surface area contributed by atoms with Gasteiger partial charge in [-0.05, 0) is 43.9 Å². The van der Waals surface area contributed by atoms with Crippen LogP contribution in [0.3, 0.4) is 0 Å². The van der Waals surface area contributed by atoms with Crippen LogP contribution in [-0.2, 0) is 11.2 Å². The Hall–Kier alpha value is -1.75. The Morgan fingerprint density at radius 3 is 2.47 bits per heavy atom. The summed E-state index contributed by atoms with van der Waals surface area (Å²) in [6.07, 6.45) is 3.81. The van der Waals surface area contributed by atoms with E-state index in [4.69, 9.17) is 4.74 Å². The molecule has 0 aliphatic rings. The number of esters is 1. The Morgan fingerprint density at radius 1 is 1.26 bits per heavy atom. The van der Waals surface area contributed by atoms with Crippen LogP contribution in [-0.4, -0.2) is 12.1 Å². The van der Waals surface area contributed by atoms with Gasteiger partial charge in [-0.2, -0.15) is 0 Å². The largest absolute Gasteiger partial charge is 0.446 e. The van der Waals surface area contributed by atoms with Gasteiger partial charge in [-0.25, -0.2) is 4.79 Å². The summed E-state index contributed by atoms with van der Waals surface area (Å²) in [6.45, 7) is 5.88. The van der Waals surface area contributed by atoms with Gasteiger partial charge >= 0.3 is 5.97 Å². The second-order valence-corrected chi connectivity index (χ2v) is 4.50. The van der Waals surface area contributed by atoms with Crippen LogP contribution in [0.1, 0.15) is 56.0 Å². The second kappa shape index (κ2) is 8.37. The van der Waals surface area contributed by atoms with E-state index in [0.29, 0.717) is 12.0 Å². The standard InChI is InChI=1S/C17H22O2/c1-4-7-9-14-10-12-15(13-11-14)17(18)19-16(6-3)8-5-2/h10-13,16H,4,6-7,9H2,1-3H3. The zero-order chi connectivity index (χ0) is 14.1. The van der Waals surface area contributed by atoms with Crippen LogP contribution in [0.25, 0.3) is 0 Å². The summed E-state index contributed by atoms with van der Waals surface area (Å²) in [5.41, 5.74) is 1.86. The summed E-state index contributed by atoms with van der Waals surface area (Å²) >= 11 is 0. The number of hydrogen-bond acceptors (Lipinski definition) is 2. The van der Waals surface area contributed by atoms with Gasteiger partial charge < -0.3 is 4.74 Å². The second-order valence-electron chi connectivity index (χ2n) is 4.50. The fourth-order valence-corrected chi connectivity index (χ4v) is 1.76. The molecule has 1 aromatic carbocycles. The zero-order valence-corrected chi connectivity index (χ0v) is 12.0. The molecule has 0 fully saturated rings. The molecule has 2 nitrogen and oxygen atoms in total. The fourth-order valence-electron chi connectivity index (χ4n) is 1.76. The van der Waals surface area contributed by atoms with E-state index in [2.05, 4.69) is 18.8 Å². The molecule has 0 saturated heterocycles. The number of rotatable bonds is 6. The highest BCUT2D eigenvalue weighted by Crippen LogP contribution is 2.10. The molecule has 1 aromatic rings. The van der Waals surface area contributed by atoms with Crippen molar-refractivity contribution in [2.24, 2.45) is 0 Å². The van der Waals surface area contributed by atoms with Crippen molar-refractivity contribution in [3.63, 3.8) is 0 Å². The topological polar surface area (TPSA) is 26.3 Å². The van der Waals surface area contributed by atoms with Crippen LogP contribution in [0.5, 0.6) is 0 Å². The predicted octanol–water partition coefficient (Wildman–Crippen LogP) is 3.99. The minimum Gasteiger partial charge on any atom is -0.446 e. The monoisotopic (exact) mass is 258 g/mol. The summed E-state index contributed by atoms with van der Waals surface area (Å²) in [5.74, 6) is 5.37. The number of ether oxygens (including phenoxy) is 1. The first-order valence-corrected chi connectivity index (χ1v) is 6.93. The van der Waals surface area contributed by atoms with E-state index in [1.165, 1.54) is 18.4 Å². The lowest BCUT2D eigenvalue weighted by Crippen LogP contribution is -2.15. The zero-order valence-electron chi connectivity index (χ0n) is 12.0. The number of carbonyl (C=O) groups excluding carboxylic acids is 1. The van der Waals surface area contributed by atoms with Crippen molar-refractivity contribution in [1.82, 2.24) is 0 Å². The molecule has 0 aromatic heterocycles. The molecular weight excluding hydrogens is 236 g/mol. The van der Waals surface area contributed by atoms with Crippen molar-refractivity contribution in [3.8, 4) is 11.8 Å². The molecule has 2 heteroatoms. The molecule has 0 bridgehead atoms. The summed E-state index contributed by atoms with van der Waals surface area (Å²) < 4.78 is 5.33. The molecule has 0 amide bonds. The van der Waals surface area contributed by atoms with E-state index in [-0.39, 0.29) is 12.1 Å². The first-order chi connectivity index (χ1) is 9.21. The van der Waals surface area contributed by atoms with Gasteiger partial charge in [-0.15, -0.1) is 5.92 Å². The summed E-state index contributed by atoms with van der Waals surface area (Å²) in [7, 11) is 0. The molecule has 1 atom stereocenters. The molecule has 0 heterocycles. The number of unbranched alkanes of at least 4 members (excludes halogenated alkanes) is 1. The highest BCUT2D eigenvalue weighted by atomic mass is 16.5. The van der Waals surface area contributed by atoms with Crippen molar-refractivity contribution in [2.45, 2.75) is 52.6 Å². The lowest BCUT2D eigenvalue weighted by molar-refractivity contribution is 0.0405. The number of hydrogen-bond donors (Lipinski definition) is 0. The van der Waals surface area contributed by atoms with Crippen LogP contribution in [0.15, 0.2) is 24.3 Å². The van der Waals surface area contributed by atoms with Crippen molar-refractivity contribution >= 4 is 5.97 Å². The first-order valence-electron chi connectivity index (χ1n) is 6.93. The lowest BCUT2D eigenvalue weighted by atomic mass is 10.1.